The van der Waals surface area contributed by atoms with E-state index >= 15 is 0 Å². The molecule has 182 valence electrons. The number of piperidine rings is 1. The van der Waals surface area contributed by atoms with E-state index in [-0.39, 0.29) is 30.2 Å². The van der Waals surface area contributed by atoms with Crippen LogP contribution in [-0.2, 0) is 4.74 Å². The third-order valence-corrected chi connectivity index (χ3v) is 5.85. The third-order valence-electron chi connectivity index (χ3n) is 5.85. The lowest BCUT2D eigenvalue weighted by molar-refractivity contribution is 0.0771. The molecule has 1 aromatic carbocycles. The molecule has 0 radical (unpaired) electrons. The molecular weight excluding hydrogens is 439 g/mol. The van der Waals surface area contributed by atoms with Gasteiger partial charge in [-0.2, -0.15) is 0 Å². The van der Waals surface area contributed by atoms with Crippen molar-refractivity contribution in [1.29, 1.82) is 0 Å². The Bertz CT molecular complexity index is 996. The van der Waals surface area contributed by atoms with Gasteiger partial charge in [-0.15, -0.1) is 0 Å². The van der Waals surface area contributed by atoms with Crippen molar-refractivity contribution in [2.45, 2.75) is 44.8 Å². The van der Waals surface area contributed by atoms with Crippen molar-refractivity contribution < 1.29 is 23.5 Å². The first-order valence-electron chi connectivity index (χ1n) is 11.5. The number of halogens is 1. The van der Waals surface area contributed by atoms with Crippen LogP contribution in [0, 0.1) is 0 Å². The number of pyridine rings is 1. The Balaban J connectivity index is 1.62. The van der Waals surface area contributed by atoms with E-state index in [0.29, 0.717) is 18.8 Å². The quantitative estimate of drug-likeness (QED) is 0.574. The molecule has 2 atom stereocenters. The number of aromatic nitrogens is 1. The van der Waals surface area contributed by atoms with E-state index < -0.39 is 24.2 Å². The number of rotatable bonds is 8. The van der Waals surface area contributed by atoms with E-state index in [4.69, 9.17) is 4.74 Å². The van der Waals surface area contributed by atoms with Gasteiger partial charge < -0.3 is 20.3 Å². The highest BCUT2D eigenvalue weighted by Gasteiger charge is 2.23. The average molecular weight is 471 g/mol. The fourth-order valence-corrected chi connectivity index (χ4v) is 3.81. The maximum absolute atomic E-state index is 14.4. The van der Waals surface area contributed by atoms with Crippen LogP contribution in [0.25, 0.3) is 0 Å². The molecule has 1 aliphatic heterocycles. The molecule has 34 heavy (non-hydrogen) atoms. The lowest BCUT2D eigenvalue weighted by Gasteiger charge is -2.25. The Morgan fingerprint density at radius 1 is 1.06 bits per heavy atom. The van der Waals surface area contributed by atoms with Gasteiger partial charge >= 0.3 is 6.09 Å². The number of hydrogen-bond donors (Lipinski definition) is 2. The zero-order chi connectivity index (χ0) is 24.5. The predicted molar refractivity (Wildman–Crippen MR) is 125 cm³/mol. The Morgan fingerprint density at radius 2 is 1.76 bits per heavy atom. The first-order chi connectivity index (χ1) is 16.4. The van der Waals surface area contributed by atoms with E-state index in [1.54, 1.807) is 11.0 Å². The average Bonchev–Trinajstić information content (AvgIpc) is 2.88. The molecule has 2 heterocycles. The molecule has 0 bridgehead atoms. The van der Waals surface area contributed by atoms with Crippen LogP contribution >= 0.6 is 0 Å². The van der Waals surface area contributed by atoms with Crippen LogP contribution in [0.15, 0.2) is 42.5 Å². The SMILES string of the molecule is CNC(=O)c1nc(C(C)c2ccccc2)ccc1C(=O)NC(F)CCOC(=O)N1CCCCC1. The van der Waals surface area contributed by atoms with Crippen LogP contribution in [-0.4, -0.2) is 60.8 Å². The molecule has 1 saturated heterocycles. The smallest absolute Gasteiger partial charge is 0.409 e. The zero-order valence-electron chi connectivity index (χ0n) is 19.6. The molecule has 1 aliphatic rings. The van der Waals surface area contributed by atoms with E-state index in [2.05, 4.69) is 15.6 Å². The molecule has 3 rings (SSSR count). The van der Waals surface area contributed by atoms with Gasteiger partial charge in [0.1, 0.15) is 5.69 Å². The van der Waals surface area contributed by atoms with E-state index in [9.17, 15) is 18.8 Å². The van der Waals surface area contributed by atoms with Crippen molar-refractivity contribution in [3.63, 3.8) is 0 Å². The van der Waals surface area contributed by atoms with Crippen LogP contribution in [0.4, 0.5) is 9.18 Å². The molecule has 8 nitrogen and oxygen atoms in total. The van der Waals surface area contributed by atoms with Gasteiger partial charge in [-0.05, 0) is 37.0 Å². The number of nitrogens with one attached hydrogen (secondary N) is 2. The van der Waals surface area contributed by atoms with E-state index in [1.165, 1.54) is 13.1 Å². The summed E-state index contributed by atoms with van der Waals surface area (Å²) in [4.78, 5) is 43.2. The Hall–Kier alpha value is -3.49. The van der Waals surface area contributed by atoms with Crippen LogP contribution in [0.5, 0.6) is 0 Å². The predicted octanol–water partition coefficient (Wildman–Crippen LogP) is 3.63. The van der Waals surface area contributed by atoms with Crippen molar-refractivity contribution in [1.82, 2.24) is 20.5 Å². The van der Waals surface area contributed by atoms with Gasteiger partial charge in [0.25, 0.3) is 11.8 Å². The minimum atomic E-state index is -1.75. The number of alkyl halides is 1. The van der Waals surface area contributed by atoms with Gasteiger partial charge in [0.05, 0.1) is 12.2 Å². The first kappa shape index (κ1) is 25.1. The maximum atomic E-state index is 14.4. The van der Waals surface area contributed by atoms with Gasteiger partial charge in [-0.25, -0.2) is 14.2 Å². The second-order valence-electron chi connectivity index (χ2n) is 8.24. The summed E-state index contributed by atoms with van der Waals surface area (Å²) in [6, 6.07) is 12.8. The van der Waals surface area contributed by atoms with E-state index in [1.807, 2.05) is 37.3 Å². The third kappa shape index (κ3) is 6.52. The number of carbonyl (C=O) groups excluding carboxylic acids is 3. The molecular formula is C25H31FN4O4. The zero-order valence-corrected chi connectivity index (χ0v) is 19.6. The number of amides is 3. The summed E-state index contributed by atoms with van der Waals surface area (Å²) in [6.45, 7) is 3.07. The molecule has 9 heteroatoms. The van der Waals surface area contributed by atoms with Gasteiger partial charge in [0.2, 0.25) is 0 Å². The summed E-state index contributed by atoms with van der Waals surface area (Å²) < 4.78 is 19.5. The molecule has 0 saturated carbocycles. The molecule has 3 amide bonds. The number of hydrogen-bond acceptors (Lipinski definition) is 5. The second kappa shape index (κ2) is 12.1. The van der Waals surface area contributed by atoms with Crippen molar-refractivity contribution in [2.75, 3.05) is 26.7 Å². The number of benzene rings is 1. The Morgan fingerprint density at radius 3 is 2.44 bits per heavy atom. The molecule has 2 N–H and O–H groups in total. The fraction of sp³-hybridized carbons (Fsp3) is 0.440. The highest BCUT2D eigenvalue weighted by Crippen LogP contribution is 2.23. The second-order valence-corrected chi connectivity index (χ2v) is 8.24. The topological polar surface area (TPSA) is 101 Å². The minimum absolute atomic E-state index is 0.0312. The summed E-state index contributed by atoms with van der Waals surface area (Å²) in [5, 5.41) is 4.70. The minimum Gasteiger partial charge on any atom is -0.449 e. The Kier molecular flexibility index (Phi) is 8.95. The molecule has 2 unspecified atom stereocenters. The van der Waals surface area contributed by atoms with Crippen molar-refractivity contribution in [3.8, 4) is 0 Å². The number of nitrogens with zero attached hydrogens (tertiary/aromatic N) is 2. The summed E-state index contributed by atoms with van der Waals surface area (Å²) in [5.41, 5.74) is 1.51. The van der Waals surface area contributed by atoms with Gasteiger partial charge in [-0.3, -0.25) is 9.59 Å². The molecule has 0 aliphatic carbocycles. The van der Waals surface area contributed by atoms with Crippen LogP contribution < -0.4 is 10.6 Å². The highest BCUT2D eigenvalue weighted by atomic mass is 19.1. The van der Waals surface area contributed by atoms with Gasteiger partial charge in [0, 0.05) is 38.2 Å². The number of carbonyl (C=O) groups is 3. The molecule has 0 spiro atoms. The van der Waals surface area contributed by atoms with E-state index in [0.717, 1.165) is 24.8 Å². The molecule has 2 aromatic rings. The fourth-order valence-electron chi connectivity index (χ4n) is 3.81. The maximum Gasteiger partial charge on any atom is 0.409 e. The monoisotopic (exact) mass is 470 g/mol. The van der Waals surface area contributed by atoms with Crippen molar-refractivity contribution in [2.24, 2.45) is 0 Å². The highest BCUT2D eigenvalue weighted by molar-refractivity contribution is 6.06. The number of ether oxygens (including phenoxy) is 1. The molecule has 1 aromatic heterocycles. The summed E-state index contributed by atoms with van der Waals surface area (Å²) in [7, 11) is 1.44. The van der Waals surface area contributed by atoms with Crippen LogP contribution in [0.2, 0.25) is 0 Å². The standard InChI is InChI=1S/C25H31FN4O4/c1-17(18-9-5-3-6-10-18)20-12-11-19(22(28-20)24(32)27-2)23(31)29-21(26)13-16-34-25(33)30-14-7-4-8-15-30/h3,5-6,9-12,17,21H,4,7-8,13-16H2,1-2H3,(H,27,32)(H,29,31). The van der Waals surface area contributed by atoms with Crippen LogP contribution in [0.3, 0.4) is 0 Å². The summed E-state index contributed by atoms with van der Waals surface area (Å²) in [5.74, 6) is -1.41. The first-order valence-corrected chi connectivity index (χ1v) is 11.5. The number of likely N-dealkylation sites (tertiary alicyclic amines) is 1. The summed E-state index contributed by atoms with van der Waals surface area (Å²) >= 11 is 0. The van der Waals surface area contributed by atoms with Crippen molar-refractivity contribution in [3.05, 3.63) is 65.0 Å². The lowest BCUT2D eigenvalue weighted by atomic mass is 9.96. The Labute approximate surface area is 198 Å². The largest absolute Gasteiger partial charge is 0.449 e. The van der Waals surface area contributed by atoms with Crippen LogP contribution in [0.1, 0.15) is 70.6 Å². The van der Waals surface area contributed by atoms with Gasteiger partial charge in [-0.1, -0.05) is 37.3 Å². The normalized spacial score (nSPS) is 15.2. The van der Waals surface area contributed by atoms with Crippen molar-refractivity contribution >= 4 is 17.9 Å². The summed E-state index contributed by atoms with van der Waals surface area (Å²) in [6.07, 6.45) is 0.538. The van der Waals surface area contributed by atoms with Gasteiger partial charge in [0.15, 0.2) is 6.30 Å². The molecule has 1 fully saturated rings. The lowest BCUT2D eigenvalue weighted by Crippen LogP contribution is -2.37.